The lowest BCUT2D eigenvalue weighted by molar-refractivity contribution is -0.136. The van der Waals surface area contributed by atoms with Gasteiger partial charge in [0.15, 0.2) is 4.80 Å². The Morgan fingerprint density at radius 2 is 1.73 bits per heavy atom. The van der Waals surface area contributed by atoms with E-state index < -0.39 is 23.9 Å². The van der Waals surface area contributed by atoms with E-state index in [4.69, 9.17) is 14.2 Å². The van der Waals surface area contributed by atoms with Gasteiger partial charge >= 0.3 is 17.9 Å². The fraction of sp³-hybridized carbons (Fsp3) is 0.192. The molecule has 0 amide bonds. The van der Waals surface area contributed by atoms with Crippen LogP contribution in [0.4, 0.5) is 0 Å². The summed E-state index contributed by atoms with van der Waals surface area (Å²) in [5.41, 5.74) is 1.35. The summed E-state index contributed by atoms with van der Waals surface area (Å²) in [4.78, 5) is 54.3. The summed E-state index contributed by atoms with van der Waals surface area (Å²) in [6, 6.07) is 10.8. The number of fused-ring (bicyclic) bond motifs is 1. The maximum atomic E-state index is 13.7. The first kappa shape index (κ1) is 26.2. The molecule has 4 rings (SSSR count). The molecule has 190 valence electrons. The Morgan fingerprint density at radius 3 is 2.35 bits per heavy atom. The number of aromatic nitrogens is 1. The molecule has 1 atom stereocenters. The number of benzene rings is 2. The number of ether oxygens (including phenoxy) is 3. The van der Waals surface area contributed by atoms with Crippen molar-refractivity contribution >= 4 is 51.3 Å². The molecule has 1 aromatic heterocycles. The van der Waals surface area contributed by atoms with Gasteiger partial charge in [0.1, 0.15) is 11.5 Å². The average molecular weight is 585 g/mol. The molecule has 1 aliphatic rings. The van der Waals surface area contributed by atoms with Crippen LogP contribution in [0.15, 0.2) is 68.0 Å². The Hall–Kier alpha value is -3.83. The summed E-state index contributed by atoms with van der Waals surface area (Å²) in [6.45, 7) is 4.27. The lowest BCUT2D eigenvalue weighted by Crippen LogP contribution is -2.39. The van der Waals surface area contributed by atoms with Crippen LogP contribution in [0.5, 0.6) is 11.5 Å². The molecule has 11 heteroatoms. The summed E-state index contributed by atoms with van der Waals surface area (Å²) < 4.78 is 17.9. The minimum absolute atomic E-state index is 0.213. The van der Waals surface area contributed by atoms with Gasteiger partial charge in [-0.15, -0.1) is 0 Å². The standard InChI is InChI=1S/C26H21BrN2O7S/c1-13-22(25(33)34-4)23(16-5-8-19(9-6-16)35-14(2)30)29-24(32)21(37-26(29)28-13)12-17-11-18(27)7-10-20(17)36-15(3)31/h5-12,23H,1-4H3. The summed E-state index contributed by atoms with van der Waals surface area (Å²) in [5.74, 6) is -0.947. The highest BCUT2D eigenvalue weighted by Crippen LogP contribution is 2.31. The molecule has 0 bridgehead atoms. The van der Waals surface area contributed by atoms with Gasteiger partial charge in [-0.1, -0.05) is 39.4 Å². The molecule has 0 N–H and O–H groups in total. The molecule has 0 saturated carbocycles. The monoisotopic (exact) mass is 584 g/mol. The predicted molar refractivity (Wildman–Crippen MR) is 139 cm³/mol. The average Bonchev–Trinajstić information content (AvgIpc) is 3.13. The number of rotatable bonds is 5. The van der Waals surface area contributed by atoms with Crippen molar-refractivity contribution in [2.24, 2.45) is 4.99 Å². The molecule has 2 aromatic carbocycles. The van der Waals surface area contributed by atoms with Gasteiger partial charge in [0.2, 0.25) is 0 Å². The number of carbonyl (C=O) groups excluding carboxylic acids is 3. The number of thiazole rings is 1. The van der Waals surface area contributed by atoms with Crippen molar-refractivity contribution in [3.8, 4) is 11.5 Å². The van der Waals surface area contributed by atoms with Crippen LogP contribution in [0.2, 0.25) is 0 Å². The zero-order valence-electron chi connectivity index (χ0n) is 20.2. The quantitative estimate of drug-likeness (QED) is 0.334. The molecule has 0 radical (unpaired) electrons. The molecule has 0 aliphatic carbocycles. The maximum absolute atomic E-state index is 13.7. The van der Waals surface area contributed by atoms with Crippen LogP contribution in [-0.4, -0.2) is 29.6 Å². The van der Waals surface area contributed by atoms with E-state index in [0.29, 0.717) is 37.7 Å². The normalized spacial score (nSPS) is 15.1. The van der Waals surface area contributed by atoms with E-state index >= 15 is 0 Å². The number of halogens is 1. The first-order valence-corrected chi connectivity index (χ1v) is 12.6. The van der Waals surface area contributed by atoms with Crippen LogP contribution in [0, 0.1) is 0 Å². The molecule has 37 heavy (non-hydrogen) atoms. The number of methoxy groups -OCH3 is 1. The number of hydrogen-bond donors (Lipinski definition) is 0. The second-order valence-electron chi connectivity index (χ2n) is 8.01. The molecular weight excluding hydrogens is 564 g/mol. The highest BCUT2D eigenvalue weighted by Gasteiger charge is 2.33. The number of carbonyl (C=O) groups is 3. The minimum atomic E-state index is -0.826. The van der Waals surface area contributed by atoms with E-state index in [9.17, 15) is 19.2 Å². The van der Waals surface area contributed by atoms with Crippen molar-refractivity contribution < 1.29 is 28.6 Å². The molecule has 1 unspecified atom stereocenters. The van der Waals surface area contributed by atoms with E-state index in [1.807, 2.05) is 0 Å². The molecule has 0 spiro atoms. The van der Waals surface area contributed by atoms with Crippen LogP contribution in [0.3, 0.4) is 0 Å². The zero-order chi connectivity index (χ0) is 26.9. The summed E-state index contributed by atoms with van der Waals surface area (Å²) >= 11 is 4.55. The Labute approximate surface area is 223 Å². The van der Waals surface area contributed by atoms with Crippen molar-refractivity contribution in [3.63, 3.8) is 0 Å². The summed E-state index contributed by atoms with van der Waals surface area (Å²) in [5, 5.41) is 0. The minimum Gasteiger partial charge on any atom is -0.466 e. The Balaban J connectivity index is 1.92. The van der Waals surface area contributed by atoms with Crippen molar-refractivity contribution in [2.75, 3.05) is 7.11 Å². The van der Waals surface area contributed by atoms with E-state index in [-0.39, 0.29) is 11.1 Å². The summed E-state index contributed by atoms with van der Waals surface area (Å²) in [7, 11) is 1.26. The highest BCUT2D eigenvalue weighted by molar-refractivity contribution is 9.10. The predicted octanol–water partition coefficient (Wildman–Crippen LogP) is 3.02. The fourth-order valence-electron chi connectivity index (χ4n) is 3.91. The van der Waals surface area contributed by atoms with Gasteiger partial charge in [-0.2, -0.15) is 0 Å². The third-order valence-electron chi connectivity index (χ3n) is 5.40. The maximum Gasteiger partial charge on any atom is 0.338 e. The van der Waals surface area contributed by atoms with E-state index in [1.54, 1.807) is 55.5 Å². The molecular formula is C26H21BrN2O7S. The van der Waals surface area contributed by atoms with Crippen molar-refractivity contribution in [2.45, 2.75) is 26.8 Å². The smallest absolute Gasteiger partial charge is 0.338 e. The molecule has 2 heterocycles. The van der Waals surface area contributed by atoms with Crippen molar-refractivity contribution in [1.29, 1.82) is 0 Å². The first-order chi connectivity index (χ1) is 17.6. The van der Waals surface area contributed by atoms with Gasteiger partial charge < -0.3 is 14.2 Å². The van der Waals surface area contributed by atoms with Crippen LogP contribution in [-0.2, 0) is 19.1 Å². The van der Waals surface area contributed by atoms with Gasteiger partial charge in [0.05, 0.1) is 29.0 Å². The third-order valence-corrected chi connectivity index (χ3v) is 6.87. The number of hydrogen-bond acceptors (Lipinski definition) is 9. The van der Waals surface area contributed by atoms with Crippen LogP contribution in [0.25, 0.3) is 6.08 Å². The molecule has 9 nitrogen and oxygen atoms in total. The lowest BCUT2D eigenvalue weighted by Gasteiger charge is -2.24. The van der Waals surface area contributed by atoms with Gasteiger partial charge in [-0.3, -0.25) is 19.0 Å². The number of nitrogens with zero attached hydrogens (tertiary/aromatic N) is 2. The third kappa shape index (κ3) is 5.47. The van der Waals surface area contributed by atoms with Crippen LogP contribution < -0.4 is 24.4 Å². The second-order valence-corrected chi connectivity index (χ2v) is 9.94. The highest BCUT2D eigenvalue weighted by atomic mass is 79.9. The Bertz CT molecular complexity index is 1630. The topological polar surface area (TPSA) is 113 Å². The van der Waals surface area contributed by atoms with Gasteiger partial charge in [-0.05, 0) is 48.9 Å². The molecule has 0 fully saturated rings. The first-order valence-electron chi connectivity index (χ1n) is 11.0. The lowest BCUT2D eigenvalue weighted by atomic mass is 9.96. The Morgan fingerprint density at radius 1 is 1.05 bits per heavy atom. The van der Waals surface area contributed by atoms with E-state index in [2.05, 4.69) is 20.9 Å². The molecule has 0 saturated heterocycles. The molecule has 1 aliphatic heterocycles. The summed E-state index contributed by atoms with van der Waals surface area (Å²) in [6.07, 6.45) is 1.62. The Kier molecular flexibility index (Phi) is 7.55. The molecule has 3 aromatic rings. The number of esters is 3. The second kappa shape index (κ2) is 10.7. The van der Waals surface area contributed by atoms with Crippen LogP contribution >= 0.6 is 27.3 Å². The fourth-order valence-corrected chi connectivity index (χ4v) is 5.33. The van der Waals surface area contributed by atoms with E-state index in [1.165, 1.54) is 25.5 Å². The van der Waals surface area contributed by atoms with Gasteiger partial charge in [0, 0.05) is 23.9 Å². The largest absolute Gasteiger partial charge is 0.466 e. The van der Waals surface area contributed by atoms with Gasteiger partial charge in [-0.25, -0.2) is 9.79 Å². The van der Waals surface area contributed by atoms with Crippen molar-refractivity contribution in [1.82, 2.24) is 4.57 Å². The van der Waals surface area contributed by atoms with E-state index in [0.717, 1.165) is 15.8 Å². The van der Waals surface area contributed by atoms with Crippen molar-refractivity contribution in [3.05, 3.63) is 89.0 Å². The van der Waals surface area contributed by atoms with Crippen LogP contribution in [0.1, 0.15) is 37.9 Å². The number of allylic oxidation sites excluding steroid dienone is 1. The zero-order valence-corrected chi connectivity index (χ0v) is 22.6. The van der Waals surface area contributed by atoms with Gasteiger partial charge in [0.25, 0.3) is 5.56 Å². The SMILES string of the molecule is COC(=O)C1=C(C)N=c2sc(=Cc3cc(Br)ccc3OC(C)=O)c(=O)n2C1c1ccc(OC(C)=O)cc1.